The Hall–Kier alpha value is -2.63. The summed E-state index contributed by atoms with van der Waals surface area (Å²) in [6, 6.07) is 6.79. The van der Waals surface area contributed by atoms with Gasteiger partial charge in [-0.15, -0.1) is 0 Å². The van der Waals surface area contributed by atoms with Crippen molar-refractivity contribution in [1.82, 2.24) is 9.97 Å². The maximum Gasteiger partial charge on any atom is 0.337 e. The number of nitrogens with one attached hydrogen (secondary N) is 1. The van der Waals surface area contributed by atoms with E-state index in [1.807, 2.05) is 6.07 Å². The lowest BCUT2D eigenvalue weighted by molar-refractivity contribution is 0.0601. The Morgan fingerprint density at radius 1 is 1.42 bits per heavy atom. The summed E-state index contributed by atoms with van der Waals surface area (Å²) in [6.45, 7) is 0.532. The number of ether oxygens (including phenoxy) is 1. The van der Waals surface area contributed by atoms with Crippen molar-refractivity contribution in [2.24, 2.45) is 0 Å². The van der Waals surface area contributed by atoms with Crippen LogP contribution in [0.25, 0.3) is 0 Å². The normalized spacial score (nSPS) is 9.95. The zero-order chi connectivity index (χ0) is 13.7. The third-order valence-corrected chi connectivity index (χ3v) is 2.58. The van der Waals surface area contributed by atoms with E-state index in [9.17, 15) is 4.79 Å². The van der Waals surface area contributed by atoms with E-state index in [4.69, 9.17) is 5.73 Å². The smallest absolute Gasteiger partial charge is 0.337 e. The first-order chi connectivity index (χ1) is 9.20. The molecule has 0 saturated carbocycles. The molecular weight excluding hydrogens is 244 g/mol. The molecule has 98 valence electrons. The molecule has 19 heavy (non-hydrogen) atoms. The molecule has 0 fully saturated rings. The van der Waals surface area contributed by atoms with Crippen molar-refractivity contribution >= 4 is 17.3 Å². The van der Waals surface area contributed by atoms with Crippen molar-refractivity contribution in [3.8, 4) is 0 Å². The van der Waals surface area contributed by atoms with Gasteiger partial charge in [-0.05, 0) is 24.3 Å². The van der Waals surface area contributed by atoms with Crippen LogP contribution in [-0.2, 0) is 11.3 Å². The van der Waals surface area contributed by atoms with Crippen LogP contribution in [0.15, 0.2) is 36.8 Å². The van der Waals surface area contributed by atoms with Crippen LogP contribution in [-0.4, -0.2) is 23.0 Å². The summed E-state index contributed by atoms with van der Waals surface area (Å²) < 4.78 is 4.63. The zero-order valence-corrected chi connectivity index (χ0v) is 10.5. The lowest BCUT2D eigenvalue weighted by atomic mass is 10.1. The number of hydrogen-bond acceptors (Lipinski definition) is 6. The summed E-state index contributed by atoms with van der Waals surface area (Å²) in [5.41, 5.74) is 8.38. The van der Waals surface area contributed by atoms with Gasteiger partial charge >= 0.3 is 5.97 Å². The molecule has 0 atom stereocenters. The number of nitrogens with zero attached hydrogens (tertiary/aromatic N) is 2. The highest BCUT2D eigenvalue weighted by Gasteiger charge is 2.07. The topological polar surface area (TPSA) is 90.1 Å². The van der Waals surface area contributed by atoms with E-state index in [0.29, 0.717) is 17.8 Å². The van der Waals surface area contributed by atoms with E-state index in [0.717, 1.165) is 11.4 Å². The average Bonchev–Trinajstić information content (AvgIpc) is 2.46. The first kappa shape index (κ1) is 12.8. The van der Waals surface area contributed by atoms with Crippen LogP contribution in [0.2, 0.25) is 0 Å². The summed E-state index contributed by atoms with van der Waals surface area (Å²) in [6.07, 6.45) is 3.16. The highest BCUT2D eigenvalue weighted by Crippen LogP contribution is 2.20. The van der Waals surface area contributed by atoms with Crippen LogP contribution in [0.5, 0.6) is 0 Å². The number of carbonyl (C=O) groups excluding carboxylic acids is 1. The van der Waals surface area contributed by atoms with Crippen LogP contribution < -0.4 is 11.1 Å². The Morgan fingerprint density at radius 2 is 2.26 bits per heavy atom. The van der Waals surface area contributed by atoms with Gasteiger partial charge in [0.25, 0.3) is 0 Å². The average molecular weight is 258 g/mol. The van der Waals surface area contributed by atoms with Gasteiger partial charge in [0.1, 0.15) is 6.33 Å². The fourth-order valence-electron chi connectivity index (χ4n) is 1.58. The predicted molar refractivity (Wildman–Crippen MR) is 71.6 cm³/mol. The highest BCUT2D eigenvalue weighted by molar-refractivity contribution is 5.91. The van der Waals surface area contributed by atoms with Crippen molar-refractivity contribution < 1.29 is 9.53 Å². The SMILES string of the molecule is COC(=O)c1ccc(NCc2ccncn2)c(N)c1. The Morgan fingerprint density at radius 3 is 2.89 bits per heavy atom. The molecule has 0 spiro atoms. The molecule has 0 aliphatic heterocycles. The number of nitrogens with two attached hydrogens (primary N) is 1. The van der Waals surface area contributed by atoms with Crippen molar-refractivity contribution in [2.45, 2.75) is 6.54 Å². The Balaban J connectivity index is 2.07. The molecular formula is C13H14N4O2. The Labute approximate surface area is 110 Å². The van der Waals surface area contributed by atoms with E-state index in [1.165, 1.54) is 13.4 Å². The minimum Gasteiger partial charge on any atom is -0.465 e. The van der Waals surface area contributed by atoms with Crippen LogP contribution >= 0.6 is 0 Å². The maximum absolute atomic E-state index is 11.3. The summed E-state index contributed by atoms with van der Waals surface area (Å²) in [5, 5.41) is 3.15. The second-order valence-corrected chi connectivity index (χ2v) is 3.85. The molecule has 0 aliphatic carbocycles. The molecule has 0 saturated heterocycles. The molecule has 0 bridgehead atoms. The van der Waals surface area contributed by atoms with Gasteiger partial charge in [-0.3, -0.25) is 0 Å². The first-order valence-electron chi connectivity index (χ1n) is 5.67. The number of aromatic nitrogens is 2. The minimum atomic E-state index is -0.408. The number of benzene rings is 1. The molecule has 2 rings (SSSR count). The van der Waals surface area contributed by atoms with E-state index in [2.05, 4.69) is 20.0 Å². The number of anilines is 2. The highest BCUT2D eigenvalue weighted by atomic mass is 16.5. The minimum absolute atomic E-state index is 0.408. The molecule has 0 radical (unpaired) electrons. The maximum atomic E-state index is 11.3. The fraction of sp³-hybridized carbons (Fsp3) is 0.154. The molecule has 3 N–H and O–H groups in total. The fourth-order valence-corrected chi connectivity index (χ4v) is 1.58. The largest absolute Gasteiger partial charge is 0.465 e. The molecule has 1 aromatic heterocycles. The van der Waals surface area contributed by atoms with Gasteiger partial charge in [-0.2, -0.15) is 0 Å². The van der Waals surface area contributed by atoms with Gasteiger partial charge in [0.05, 0.1) is 36.3 Å². The lowest BCUT2D eigenvalue weighted by Crippen LogP contribution is -2.06. The van der Waals surface area contributed by atoms with Gasteiger partial charge < -0.3 is 15.8 Å². The number of rotatable bonds is 4. The van der Waals surface area contributed by atoms with E-state index < -0.39 is 5.97 Å². The van der Waals surface area contributed by atoms with Crippen molar-refractivity contribution in [3.05, 3.63) is 48.0 Å². The summed E-state index contributed by atoms with van der Waals surface area (Å²) in [5.74, 6) is -0.408. The van der Waals surface area contributed by atoms with Crippen LogP contribution in [0, 0.1) is 0 Å². The van der Waals surface area contributed by atoms with Crippen molar-refractivity contribution in [2.75, 3.05) is 18.2 Å². The number of esters is 1. The summed E-state index contributed by atoms with van der Waals surface area (Å²) in [4.78, 5) is 19.3. The van der Waals surface area contributed by atoms with Crippen LogP contribution in [0.3, 0.4) is 0 Å². The van der Waals surface area contributed by atoms with Gasteiger partial charge in [0.2, 0.25) is 0 Å². The number of methoxy groups -OCH3 is 1. The van der Waals surface area contributed by atoms with Gasteiger partial charge in [-0.1, -0.05) is 0 Å². The molecule has 0 amide bonds. The molecule has 0 aliphatic rings. The second kappa shape index (κ2) is 5.81. The Bertz CT molecular complexity index is 572. The van der Waals surface area contributed by atoms with Gasteiger partial charge in [0, 0.05) is 6.20 Å². The third kappa shape index (κ3) is 3.19. The second-order valence-electron chi connectivity index (χ2n) is 3.85. The molecule has 6 nitrogen and oxygen atoms in total. The Kier molecular flexibility index (Phi) is 3.92. The third-order valence-electron chi connectivity index (χ3n) is 2.58. The van der Waals surface area contributed by atoms with Gasteiger partial charge in [-0.25, -0.2) is 14.8 Å². The summed E-state index contributed by atoms with van der Waals surface area (Å²) >= 11 is 0. The van der Waals surface area contributed by atoms with E-state index in [-0.39, 0.29) is 0 Å². The lowest BCUT2D eigenvalue weighted by Gasteiger charge is -2.10. The molecule has 1 heterocycles. The molecule has 1 aromatic carbocycles. The van der Waals surface area contributed by atoms with Crippen molar-refractivity contribution in [1.29, 1.82) is 0 Å². The molecule has 0 unspecified atom stereocenters. The standard InChI is InChI=1S/C13H14N4O2/c1-19-13(18)9-2-3-12(11(14)6-9)16-7-10-4-5-15-8-17-10/h2-6,8,16H,7,14H2,1H3. The number of carbonyl (C=O) groups is 1. The first-order valence-corrected chi connectivity index (χ1v) is 5.67. The molecule has 2 aromatic rings. The number of hydrogen-bond donors (Lipinski definition) is 2. The van der Waals surface area contributed by atoms with Crippen LogP contribution in [0.4, 0.5) is 11.4 Å². The monoisotopic (exact) mass is 258 g/mol. The van der Waals surface area contributed by atoms with Crippen LogP contribution in [0.1, 0.15) is 16.1 Å². The zero-order valence-electron chi connectivity index (χ0n) is 10.5. The predicted octanol–water partition coefficient (Wildman–Crippen LogP) is 1.46. The van der Waals surface area contributed by atoms with Gasteiger partial charge in [0.15, 0.2) is 0 Å². The quantitative estimate of drug-likeness (QED) is 0.637. The molecule has 6 heteroatoms. The van der Waals surface area contributed by atoms with E-state index >= 15 is 0 Å². The summed E-state index contributed by atoms with van der Waals surface area (Å²) in [7, 11) is 1.33. The van der Waals surface area contributed by atoms with E-state index in [1.54, 1.807) is 24.4 Å². The van der Waals surface area contributed by atoms with Crippen molar-refractivity contribution in [3.63, 3.8) is 0 Å². The number of nitrogen functional groups attached to an aromatic ring is 1.